The van der Waals surface area contributed by atoms with Crippen LogP contribution in [0.15, 0.2) is 23.1 Å². The molecule has 0 bridgehead atoms. The van der Waals surface area contributed by atoms with Crippen molar-refractivity contribution in [3.05, 3.63) is 29.6 Å². The minimum absolute atomic E-state index is 0.0720. The summed E-state index contributed by atoms with van der Waals surface area (Å²) in [5.74, 6) is -0.594. The first-order valence-corrected chi connectivity index (χ1v) is 7.18. The molecule has 18 heavy (non-hydrogen) atoms. The zero-order valence-electron chi connectivity index (χ0n) is 10.1. The van der Waals surface area contributed by atoms with E-state index in [-0.39, 0.29) is 16.3 Å². The summed E-state index contributed by atoms with van der Waals surface area (Å²) in [5.41, 5.74) is 5.82. The molecule has 1 aromatic carbocycles. The lowest BCUT2D eigenvalue weighted by Crippen LogP contribution is -2.35. The number of hydrogen-bond acceptors (Lipinski definition) is 3. The number of thiocarbonyl (C=S) groups is 1. The van der Waals surface area contributed by atoms with Crippen molar-refractivity contribution in [2.45, 2.75) is 31.2 Å². The van der Waals surface area contributed by atoms with Crippen LogP contribution < -0.4 is 10.5 Å². The minimum Gasteiger partial charge on any atom is -0.393 e. The second-order valence-electron chi connectivity index (χ2n) is 4.10. The molecule has 0 aliphatic rings. The lowest BCUT2D eigenvalue weighted by molar-refractivity contribution is 0.561. The molecule has 0 radical (unpaired) electrons. The van der Waals surface area contributed by atoms with Gasteiger partial charge in [-0.05, 0) is 31.5 Å². The molecule has 0 saturated carbocycles. The first-order chi connectivity index (χ1) is 8.22. The summed E-state index contributed by atoms with van der Waals surface area (Å²) < 4.78 is 39.6. The Kier molecular flexibility index (Phi) is 4.78. The predicted octanol–water partition coefficient (Wildman–Crippen LogP) is 1.48. The fourth-order valence-electron chi connectivity index (χ4n) is 1.54. The second kappa shape index (κ2) is 5.73. The Morgan fingerprint density at radius 2 is 2.17 bits per heavy atom. The van der Waals surface area contributed by atoms with Gasteiger partial charge in [-0.25, -0.2) is 17.5 Å². The van der Waals surface area contributed by atoms with Gasteiger partial charge < -0.3 is 5.73 Å². The van der Waals surface area contributed by atoms with E-state index in [2.05, 4.69) is 4.72 Å². The summed E-state index contributed by atoms with van der Waals surface area (Å²) in [6, 6.07) is 3.19. The van der Waals surface area contributed by atoms with Crippen molar-refractivity contribution in [2.24, 2.45) is 5.73 Å². The lowest BCUT2D eigenvalue weighted by Gasteiger charge is -2.14. The monoisotopic (exact) mass is 290 g/mol. The Morgan fingerprint density at radius 3 is 2.72 bits per heavy atom. The molecule has 1 aromatic rings. The summed E-state index contributed by atoms with van der Waals surface area (Å²) in [5, 5.41) is 0. The highest BCUT2D eigenvalue weighted by atomic mass is 32.2. The molecule has 0 saturated heterocycles. The number of halogens is 1. The van der Waals surface area contributed by atoms with Crippen molar-refractivity contribution in [1.82, 2.24) is 4.72 Å². The van der Waals surface area contributed by atoms with Gasteiger partial charge in [0.1, 0.15) is 5.82 Å². The van der Waals surface area contributed by atoms with E-state index in [0.717, 1.165) is 6.07 Å². The molecule has 1 unspecified atom stereocenters. The molecule has 0 spiro atoms. The third-order valence-electron chi connectivity index (χ3n) is 2.30. The Labute approximate surface area is 111 Å². The Balaban J connectivity index is 2.99. The first-order valence-electron chi connectivity index (χ1n) is 5.29. The summed E-state index contributed by atoms with van der Waals surface area (Å²) in [7, 11) is -3.76. The van der Waals surface area contributed by atoms with E-state index < -0.39 is 21.9 Å². The molecular formula is C11H15FN2O2S2. The zero-order valence-corrected chi connectivity index (χ0v) is 11.7. The SMILES string of the molecule is Cc1ccc(F)cc1S(=O)(=O)NC(C)CC(N)=S. The van der Waals surface area contributed by atoms with Crippen LogP contribution in [0.2, 0.25) is 0 Å². The molecular weight excluding hydrogens is 275 g/mol. The molecule has 0 amide bonds. The quantitative estimate of drug-likeness (QED) is 0.806. The maximum atomic E-state index is 13.1. The fourth-order valence-corrected chi connectivity index (χ4v) is 3.28. The molecule has 0 aliphatic heterocycles. The van der Waals surface area contributed by atoms with Crippen molar-refractivity contribution < 1.29 is 12.8 Å². The predicted molar refractivity (Wildman–Crippen MR) is 72.3 cm³/mol. The average Bonchev–Trinajstić information content (AvgIpc) is 2.19. The van der Waals surface area contributed by atoms with Crippen LogP contribution in [-0.2, 0) is 10.0 Å². The van der Waals surface area contributed by atoms with Crippen molar-refractivity contribution in [3.8, 4) is 0 Å². The summed E-state index contributed by atoms with van der Waals surface area (Å²) in [6.45, 7) is 3.25. The number of nitrogens with two attached hydrogens (primary N) is 1. The standard InChI is InChI=1S/C11H15FN2O2S2/c1-7-3-4-9(12)6-10(7)18(15,16)14-8(2)5-11(13)17/h3-4,6,8,14H,5H2,1-2H3,(H2,13,17). The van der Waals surface area contributed by atoms with Crippen molar-refractivity contribution in [1.29, 1.82) is 0 Å². The Morgan fingerprint density at radius 1 is 1.56 bits per heavy atom. The maximum Gasteiger partial charge on any atom is 0.241 e. The number of aryl methyl sites for hydroxylation is 1. The summed E-state index contributed by atoms with van der Waals surface area (Å²) in [6.07, 6.45) is 0.253. The molecule has 3 N–H and O–H groups in total. The van der Waals surface area contributed by atoms with Gasteiger partial charge in [0.05, 0.1) is 9.88 Å². The number of nitrogens with one attached hydrogen (secondary N) is 1. The van der Waals surface area contributed by atoms with Crippen LogP contribution in [0, 0.1) is 12.7 Å². The van der Waals surface area contributed by atoms with Gasteiger partial charge in [-0.3, -0.25) is 0 Å². The largest absolute Gasteiger partial charge is 0.393 e. The van der Waals surface area contributed by atoms with E-state index in [0.29, 0.717) is 5.56 Å². The van der Waals surface area contributed by atoms with Gasteiger partial charge in [0.2, 0.25) is 10.0 Å². The summed E-state index contributed by atoms with van der Waals surface area (Å²) in [4.78, 5) is 0.151. The number of rotatable bonds is 5. The molecule has 1 atom stereocenters. The van der Waals surface area contributed by atoms with E-state index in [9.17, 15) is 12.8 Å². The number of sulfonamides is 1. The molecule has 100 valence electrons. The minimum atomic E-state index is -3.76. The van der Waals surface area contributed by atoms with E-state index >= 15 is 0 Å². The van der Waals surface area contributed by atoms with Crippen molar-refractivity contribution in [3.63, 3.8) is 0 Å². The van der Waals surface area contributed by atoms with E-state index in [1.54, 1.807) is 13.8 Å². The zero-order chi connectivity index (χ0) is 13.9. The Hall–Kier alpha value is -1.05. The van der Waals surface area contributed by atoms with Gasteiger partial charge in [-0.15, -0.1) is 0 Å². The number of hydrogen-bond donors (Lipinski definition) is 2. The van der Waals surface area contributed by atoms with Gasteiger partial charge in [0.15, 0.2) is 0 Å². The van der Waals surface area contributed by atoms with Gasteiger partial charge in [0.25, 0.3) is 0 Å². The van der Waals surface area contributed by atoms with Crippen LogP contribution >= 0.6 is 12.2 Å². The molecule has 0 fully saturated rings. The third-order valence-corrected chi connectivity index (χ3v) is 4.20. The van der Waals surface area contributed by atoms with Crippen LogP contribution in [0.4, 0.5) is 4.39 Å². The van der Waals surface area contributed by atoms with Crippen LogP contribution in [0.25, 0.3) is 0 Å². The molecule has 7 heteroatoms. The lowest BCUT2D eigenvalue weighted by atomic mass is 10.2. The van der Waals surface area contributed by atoms with Gasteiger partial charge in [-0.2, -0.15) is 0 Å². The van der Waals surface area contributed by atoms with Crippen LogP contribution in [0.1, 0.15) is 18.9 Å². The normalized spacial score (nSPS) is 13.3. The van der Waals surface area contributed by atoms with Crippen LogP contribution in [0.3, 0.4) is 0 Å². The highest BCUT2D eigenvalue weighted by molar-refractivity contribution is 7.89. The maximum absolute atomic E-state index is 13.1. The van der Waals surface area contributed by atoms with Crippen molar-refractivity contribution in [2.75, 3.05) is 0 Å². The van der Waals surface area contributed by atoms with Gasteiger partial charge in [0, 0.05) is 12.5 Å². The number of benzene rings is 1. The van der Waals surface area contributed by atoms with Crippen LogP contribution in [0.5, 0.6) is 0 Å². The topological polar surface area (TPSA) is 72.2 Å². The smallest absolute Gasteiger partial charge is 0.241 e. The highest BCUT2D eigenvalue weighted by Crippen LogP contribution is 2.16. The summed E-state index contributed by atoms with van der Waals surface area (Å²) >= 11 is 4.71. The van der Waals surface area contributed by atoms with Gasteiger partial charge in [-0.1, -0.05) is 18.3 Å². The third kappa shape index (κ3) is 4.01. The van der Waals surface area contributed by atoms with Gasteiger partial charge >= 0.3 is 0 Å². The van der Waals surface area contributed by atoms with E-state index in [1.165, 1.54) is 12.1 Å². The molecule has 0 heterocycles. The molecule has 4 nitrogen and oxygen atoms in total. The molecule has 0 aromatic heterocycles. The fraction of sp³-hybridized carbons (Fsp3) is 0.364. The first kappa shape index (κ1) is 15.0. The highest BCUT2D eigenvalue weighted by Gasteiger charge is 2.20. The van der Waals surface area contributed by atoms with Crippen LogP contribution in [-0.4, -0.2) is 19.4 Å². The average molecular weight is 290 g/mol. The molecule has 1 rings (SSSR count). The second-order valence-corrected chi connectivity index (χ2v) is 6.31. The Bertz CT molecular complexity index is 558. The van der Waals surface area contributed by atoms with E-state index in [4.69, 9.17) is 18.0 Å². The van der Waals surface area contributed by atoms with Crippen molar-refractivity contribution >= 4 is 27.2 Å². The van der Waals surface area contributed by atoms with E-state index in [1.807, 2.05) is 0 Å². The molecule has 0 aliphatic carbocycles.